The summed E-state index contributed by atoms with van der Waals surface area (Å²) in [4.78, 5) is 21.1. The maximum atomic E-state index is 12.2. The Bertz CT molecular complexity index is 319. The number of hydrogen-bond donors (Lipinski definition) is 0. The molecule has 0 N–H and O–H groups in total. The van der Waals surface area contributed by atoms with Crippen LogP contribution in [0.2, 0.25) is 0 Å². The predicted octanol–water partition coefficient (Wildman–Crippen LogP) is 1.92. The zero-order chi connectivity index (χ0) is 15.4. The van der Waals surface area contributed by atoms with Crippen LogP contribution in [0.5, 0.6) is 0 Å². The molecule has 0 amide bonds. The zero-order valence-electron chi connectivity index (χ0n) is 9.14. The first-order valence-electron chi connectivity index (χ1n) is 4.49. The molecule has 0 aromatic rings. The fourth-order valence-corrected chi connectivity index (χ4v) is 0.730. The molecule has 1 atom stereocenters. The summed E-state index contributed by atoms with van der Waals surface area (Å²) >= 11 is 0. The van der Waals surface area contributed by atoms with Crippen LogP contribution in [0.25, 0.3) is 0 Å². The second kappa shape index (κ2) is 6.06. The van der Waals surface area contributed by atoms with E-state index < -0.39 is 43.2 Å². The Balaban J connectivity index is 4.55. The molecular weight excluding hydrogens is 293 g/mol. The summed E-state index contributed by atoms with van der Waals surface area (Å²) in [6.07, 6.45) is -18.3. The highest BCUT2D eigenvalue weighted by atomic mass is 19.4. The lowest BCUT2D eigenvalue weighted by Crippen LogP contribution is -2.46. The molecule has 0 radical (unpaired) electrons. The topological polar surface area (TPSA) is 52.6 Å². The lowest BCUT2D eigenvalue weighted by molar-refractivity contribution is -0.313. The average Bonchev–Trinajstić information content (AvgIpc) is 2.18. The van der Waals surface area contributed by atoms with Gasteiger partial charge in [-0.1, -0.05) is 0 Å². The van der Waals surface area contributed by atoms with Crippen molar-refractivity contribution in [2.24, 2.45) is 0 Å². The van der Waals surface area contributed by atoms with Gasteiger partial charge < -0.3 is 9.47 Å². The molecule has 4 nitrogen and oxygen atoms in total. The van der Waals surface area contributed by atoms with Crippen LogP contribution in [0.15, 0.2) is 0 Å². The van der Waals surface area contributed by atoms with Gasteiger partial charge in [-0.15, -0.1) is 0 Å². The van der Waals surface area contributed by atoms with Crippen molar-refractivity contribution in [1.29, 1.82) is 0 Å². The second-order valence-electron chi connectivity index (χ2n) is 3.18. The highest BCUT2D eigenvalue weighted by Crippen LogP contribution is 2.35. The van der Waals surface area contributed by atoms with Gasteiger partial charge in [-0.3, -0.25) is 0 Å². The summed E-state index contributed by atoms with van der Waals surface area (Å²) < 4.78 is 90.7. The van der Waals surface area contributed by atoms with Crippen LogP contribution < -0.4 is 0 Å². The van der Waals surface area contributed by atoms with Gasteiger partial charge in [0.1, 0.15) is 0 Å². The highest BCUT2D eigenvalue weighted by molar-refractivity contribution is 5.78. The molecule has 0 fully saturated rings. The molecule has 0 aliphatic carbocycles. The zero-order valence-corrected chi connectivity index (χ0v) is 9.14. The van der Waals surface area contributed by atoms with E-state index in [-0.39, 0.29) is 0 Å². The Kier molecular flexibility index (Phi) is 5.57. The Morgan fingerprint density at radius 1 is 1.05 bits per heavy atom. The summed E-state index contributed by atoms with van der Waals surface area (Å²) in [5.41, 5.74) is 0. The van der Waals surface area contributed by atoms with Crippen LogP contribution in [-0.2, 0) is 19.1 Å². The van der Waals surface area contributed by atoms with Crippen molar-refractivity contribution in [2.75, 3.05) is 6.61 Å². The number of ether oxygens (including phenoxy) is 2. The van der Waals surface area contributed by atoms with E-state index >= 15 is 0 Å². The number of rotatable bonds is 4. The van der Waals surface area contributed by atoms with Gasteiger partial charge >= 0.3 is 24.3 Å². The SMILES string of the molecule is CC(F)C(=O)OCC(=O)OC(C(F)(F)F)C(F)(F)F. The summed E-state index contributed by atoms with van der Waals surface area (Å²) in [6.45, 7) is -0.863. The van der Waals surface area contributed by atoms with Gasteiger partial charge in [0.25, 0.3) is 6.10 Å². The third-order valence-electron chi connectivity index (χ3n) is 1.50. The summed E-state index contributed by atoms with van der Waals surface area (Å²) in [5.74, 6) is -3.72. The third kappa shape index (κ3) is 6.25. The van der Waals surface area contributed by atoms with E-state index in [0.29, 0.717) is 6.92 Å². The number of carbonyl (C=O) groups is 2. The Morgan fingerprint density at radius 2 is 1.47 bits per heavy atom. The normalized spacial score (nSPS) is 14.2. The standard InChI is InChI=1S/C8H7F7O4/c1-3(9)5(17)18-2-4(16)19-6(7(10,11)12)8(13,14)15/h3,6H,2H2,1H3. The molecule has 0 aromatic heterocycles. The van der Waals surface area contributed by atoms with Gasteiger partial charge in [-0.2, -0.15) is 26.3 Å². The molecule has 0 bridgehead atoms. The van der Waals surface area contributed by atoms with Crippen LogP contribution in [0.4, 0.5) is 30.7 Å². The van der Waals surface area contributed by atoms with Gasteiger partial charge in [0.05, 0.1) is 0 Å². The molecule has 0 saturated carbocycles. The number of esters is 2. The fraction of sp³-hybridized carbons (Fsp3) is 0.750. The van der Waals surface area contributed by atoms with Crippen molar-refractivity contribution >= 4 is 11.9 Å². The van der Waals surface area contributed by atoms with Gasteiger partial charge in [0.2, 0.25) is 0 Å². The van der Waals surface area contributed by atoms with E-state index in [4.69, 9.17) is 0 Å². The average molecular weight is 300 g/mol. The van der Waals surface area contributed by atoms with Crippen molar-refractivity contribution in [1.82, 2.24) is 0 Å². The number of hydrogen-bond acceptors (Lipinski definition) is 4. The molecule has 0 heterocycles. The Labute approximate surface area is 101 Å². The van der Waals surface area contributed by atoms with E-state index in [1.165, 1.54) is 0 Å². The molecule has 0 aliphatic rings. The molecule has 0 aliphatic heterocycles. The maximum absolute atomic E-state index is 12.2. The van der Waals surface area contributed by atoms with Crippen molar-refractivity contribution in [3.05, 3.63) is 0 Å². The molecule has 19 heavy (non-hydrogen) atoms. The van der Waals surface area contributed by atoms with Crippen LogP contribution in [0, 0.1) is 0 Å². The predicted molar refractivity (Wildman–Crippen MR) is 43.5 cm³/mol. The molecule has 0 spiro atoms. The molecule has 1 unspecified atom stereocenters. The first-order chi connectivity index (χ1) is 8.35. The van der Waals surface area contributed by atoms with Crippen LogP contribution in [-0.4, -0.2) is 43.2 Å². The monoisotopic (exact) mass is 300 g/mol. The van der Waals surface area contributed by atoms with E-state index in [2.05, 4.69) is 9.47 Å². The molecule has 112 valence electrons. The van der Waals surface area contributed by atoms with Crippen LogP contribution >= 0.6 is 0 Å². The molecule has 0 aromatic carbocycles. The van der Waals surface area contributed by atoms with Gasteiger partial charge in [0, 0.05) is 0 Å². The Hall–Kier alpha value is -1.55. The molecule has 11 heteroatoms. The summed E-state index contributed by atoms with van der Waals surface area (Å²) in [6, 6.07) is 0. The fourth-order valence-electron chi connectivity index (χ4n) is 0.730. The van der Waals surface area contributed by atoms with E-state index in [0.717, 1.165) is 0 Å². The molecule has 0 rings (SSSR count). The van der Waals surface area contributed by atoms with Crippen molar-refractivity contribution in [2.45, 2.75) is 31.6 Å². The van der Waals surface area contributed by atoms with Crippen molar-refractivity contribution in [3.63, 3.8) is 0 Å². The van der Waals surface area contributed by atoms with Gasteiger partial charge in [0.15, 0.2) is 12.8 Å². The summed E-state index contributed by atoms with van der Waals surface area (Å²) in [7, 11) is 0. The van der Waals surface area contributed by atoms with E-state index in [1.807, 2.05) is 0 Å². The molecular formula is C8H7F7O4. The van der Waals surface area contributed by atoms with Crippen molar-refractivity contribution < 1.29 is 49.8 Å². The minimum absolute atomic E-state index is 0.696. The van der Waals surface area contributed by atoms with Crippen LogP contribution in [0.3, 0.4) is 0 Å². The molecule has 0 saturated heterocycles. The maximum Gasteiger partial charge on any atom is 0.434 e. The number of alkyl halides is 7. The van der Waals surface area contributed by atoms with E-state index in [9.17, 15) is 40.3 Å². The number of carbonyl (C=O) groups excluding carboxylic acids is 2. The lowest BCUT2D eigenvalue weighted by Gasteiger charge is -2.22. The first-order valence-corrected chi connectivity index (χ1v) is 4.49. The Morgan fingerprint density at radius 3 is 1.79 bits per heavy atom. The summed E-state index contributed by atoms with van der Waals surface area (Å²) in [5, 5.41) is 0. The first kappa shape index (κ1) is 17.4. The lowest BCUT2D eigenvalue weighted by atomic mass is 10.3. The smallest absolute Gasteiger partial charge is 0.434 e. The van der Waals surface area contributed by atoms with Crippen LogP contribution in [0.1, 0.15) is 6.92 Å². The third-order valence-corrected chi connectivity index (χ3v) is 1.50. The minimum atomic E-state index is -5.87. The minimum Gasteiger partial charge on any atom is -0.452 e. The highest BCUT2D eigenvalue weighted by Gasteiger charge is 2.59. The van der Waals surface area contributed by atoms with Crippen molar-refractivity contribution in [3.8, 4) is 0 Å². The van der Waals surface area contributed by atoms with Gasteiger partial charge in [-0.05, 0) is 6.92 Å². The second-order valence-corrected chi connectivity index (χ2v) is 3.18. The van der Waals surface area contributed by atoms with Gasteiger partial charge in [-0.25, -0.2) is 14.0 Å². The quantitative estimate of drug-likeness (QED) is 0.588. The largest absolute Gasteiger partial charge is 0.452 e. The number of halogens is 7. The van der Waals surface area contributed by atoms with E-state index in [1.54, 1.807) is 0 Å².